The molecular formula is C16H17F2NO2. The largest absolute Gasteiger partial charge is 0.466 e. The summed E-state index contributed by atoms with van der Waals surface area (Å²) in [4.78, 5) is 14.3. The van der Waals surface area contributed by atoms with E-state index in [-0.39, 0.29) is 12.0 Å². The maximum absolute atomic E-state index is 13.5. The summed E-state index contributed by atoms with van der Waals surface area (Å²) in [5, 5.41) is 0. The summed E-state index contributed by atoms with van der Waals surface area (Å²) in [6.07, 6.45) is 2.54. The van der Waals surface area contributed by atoms with Crippen molar-refractivity contribution < 1.29 is 18.3 Å². The molecule has 0 aliphatic carbocycles. The van der Waals surface area contributed by atoms with Gasteiger partial charge in [-0.15, -0.1) is 0 Å². The van der Waals surface area contributed by atoms with Gasteiger partial charge in [-0.25, -0.2) is 13.6 Å². The van der Waals surface area contributed by atoms with E-state index in [4.69, 9.17) is 4.74 Å². The maximum atomic E-state index is 13.5. The molecule has 1 aromatic carbocycles. The third-order valence-electron chi connectivity index (χ3n) is 4.61. The molecule has 0 aromatic heterocycles. The first-order valence-corrected chi connectivity index (χ1v) is 7.01. The molecule has 3 nitrogen and oxygen atoms in total. The second kappa shape index (κ2) is 5.22. The molecule has 0 spiro atoms. The van der Waals surface area contributed by atoms with Gasteiger partial charge in [0.1, 0.15) is 0 Å². The van der Waals surface area contributed by atoms with Gasteiger partial charge in [0.15, 0.2) is 11.6 Å². The lowest BCUT2D eigenvalue weighted by atomic mass is 9.88. The van der Waals surface area contributed by atoms with Crippen molar-refractivity contribution in [2.45, 2.75) is 31.3 Å². The van der Waals surface area contributed by atoms with Crippen molar-refractivity contribution in [1.82, 2.24) is 4.90 Å². The number of methoxy groups -OCH3 is 1. The Hall–Kier alpha value is -1.75. The third kappa shape index (κ3) is 2.25. The molecule has 21 heavy (non-hydrogen) atoms. The number of benzene rings is 1. The predicted molar refractivity (Wildman–Crippen MR) is 74.5 cm³/mol. The molecule has 0 amide bonds. The van der Waals surface area contributed by atoms with Crippen LogP contribution in [-0.2, 0) is 9.53 Å². The van der Waals surface area contributed by atoms with E-state index >= 15 is 0 Å². The van der Waals surface area contributed by atoms with E-state index in [9.17, 15) is 13.6 Å². The molecule has 2 aliphatic rings. The van der Waals surface area contributed by atoms with Crippen LogP contribution in [-0.4, -0.2) is 37.1 Å². The smallest absolute Gasteiger partial charge is 0.335 e. The van der Waals surface area contributed by atoms with Crippen molar-refractivity contribution in [3.63, 3.8) is 0 Å². The maximum Gasteiger partial charge on any atom is 0.335 e. The first-order valence-electron chi connectivity index (χ1n) is 7.01. The second-order valence-corrected chi connectivity index (χ2v) is 5.63. The van der Waals surface area contributed by atoms with Crippen LogP contribution in [0.2, 0.25) is 0 Å². The standard InChI is InChI=1S/C16H17F2NO2/c1-19-10-4-6-14(19)15(16(20)21-2)11(8-10)9-3-5-12(17)13(18)7-9/h3,5,7,10,14H,4,6,8H2,1-2H3/t10-,14+/m0/s1. The van der Waals surface area contributed by atoms with Crippen molar-refractivity contribution in [1.29, 1.82) is 0 Å². The molecule has 5 heteroatoms. The number of halogens is 2. The topological polar surface area (TPSA) is 29.5 Å². The van der Waals surface area contributed by atoms with E-state index in [2.05, 4.69) is 4.90 Å². The molecule has 1 fully saturated rings. The number of hydrogen-bond donors (Lipinski definition) is 0. The predicted octanol–water partition coefficient (Wildman–Crippen LogP) is 2.76. The van der Waals surface area contributed by atoms with Crippen molar-refractivity contribution in [2.24, 2.45) is 0 Å². The lowest BCUT2D eigenvalue weighted by Gasteiger charge is -2.34. The van der Waals surface area contributed by atoms with Crippen LogP contribution in [0.1, 0.15) is 24.8 Å². The van der Waals surface area contributed by atoms with Crippen LogP contribution < -0.4 is 0 Å². The molecule has 0 unspecified atom stereocenters. The van der Waals surface area contributed by atoms with Crippen LogP contribution in [0.15, 0.2) is 23.8 Å². The average Bonchev–Trinajstić information content (AvgIpc) is 2.72. The Kier molecular flexibility index (Phi) is 3.53. The van der Waals surface area contributed by atoms with E-state index < -0.39 is 11.6 Å². The van der Waals surface area contributed by atoms with Crippen molar-refractivity contribution in [3.8, 4) is 0 Å². The van der Waals surface area contributed by atoms with Gasteiger partial charge in [0.2, 0.25) is 0 Å². The summed E-state index contributed by atoms with van der Waals surface area (Å²) in [5.74, 6) is -2.16. The number of rotatable bonds is 2. The van der Waals surface area contributed by atoms with Crippen LogP contribution in [0.4, 0.5) is 8.78 Å². The monoisotopic (exact) mass is 293 g/mol. The molecule has 3 rings (SSSR count). The van der Waals surface area contributed by atoms with E-state index in [0.29, 0.717) is 23.6 Å². The van der Waals surface area contributed by atoms with Crippen LogP contribution in [0.3, 0.4) is 0 Å². The highest BCUT2D eigenvalue weighted by molar-refractivity contribution is 5.99. The number of esters is 1. The average molecular weight is 293 g/mol. The number of fused-ring (bicyclic) bond motifs is 2. The molecule has 0 N–H and O–H groups in total. The number of hydrogen-bond acceptors (Lipinski definition) is 3. The SMILES string of the molecule is COC(=O)C1=C(c2ccc(F)c(F)c2)C[C@@H]2CC[C@H]1N2C. The van der Waals surface area contributed by atoms with Gasteiger partial charge in [-0.2, -0.15) is 0 Å². The zero-order chi connectivity index (χ0) is 15.1. The molecule has 2 heterocycles. The normalized spacial score (nSPS) is 25.3. The van der Waals surface area contributed by atoms with Crippen LogP contribution in [0.5, 0.6) is 0 Å². The molecule has 0 saturated carbocycles. The fourth-order valence-electron chi connectivity index (χ4n) is 3.48. The Balaban J connectivity index is 2.13. The zero-order valence-electron chi connectivity index (χ0n) is 12.0. The van der Waals surface area contributed by atoms with E-state index in [1.54, 1.807) is 0 Å². The van der Waals surface area contributed by atoms with Gasteiger partial charge in [0, 0.05) is 12.1 Å². The van der Waals surface area contributed by atoms with Gasteiger partial charge in [-0.1, -0.05) is 6.07 Å². The first-order chi connectivity index (χ1) is 10.0. The Labute approximate surface area is 122 Å². The lowest BCUT2D eigenvalue weighted by Crippen LogP contribution is -2.40. The number of nitrogens with zero attached hydrogens (tertiary/aromatic N) is 1. The highest BCUT2D eigenvalue weighted by atomic mass is 19.2. The molecule has 1 saturated heterocycles. The highest BCUT2D eigenvalue weighted by Gasteiger charge is 2.42. The summed E-state index contributed by atoms with van der Waals surface area (Å²) in [7, 11) is 3.34. The summed E-state index contributed by atoms with van der Waals surface area (Å²) in [6, 6.07) is 4.14. The quantitative estimate of drug-likeness (QED) is 0.785. The molecule has 2 atom stereocenters. The minimum absolute atomic E-state index is 0.000635. The minimum atomic E-state index is -0.893. The Morgan fingerprint density at radius 3 is 2.71 bits per heavy atom. The summed E-state index contributed by atoms with van der Waals surface area (Å²) < 4.78 is 31.5. The van der Waals surface area contributed by atoms with Crippen LogP contribution in [0.25, 0.3) is 5.57 Å². The fourth-order valence-corrected chi connectivity index (χ4v) is 3.48. The minimum Gasteiger partial charge on any atom is -0.466 e. The number of carbonyl (C=O) groups excluding carboxylic acids is 1. The van der Waals surface area contributed by atoms with E-state index in [1.807, 2.05) is 7.05 Å². The Bertz CT molecular complexity index is 627. The fraction of sp³-hybridized carbons (Fsp3) is 0.438. The van der Waals surface area contributed by atoms with Crippen LogP contribution >= 0.6 is 0 Å². The van der Waals surface area contributed by atoms with Gasteiger partial charge in [0.05, 0.1) is 12.7 Å². The molecule has 2 aliphatic heterocycles. The van der Waals surface area contributed by atoms with Crippen molar-refractivity contribution in [3.05, 3.63) is 41.0 Å². The van der Waals surface area contributed by atoms with Gasteiger partial charge in [-0.05, 0) is 49.6 Å². The highest BCUT2D eigenvalue weighted by Crippen LogP contribution is 2.42. The second-order valence-electron chi connectivity index (χ2n) is 5.63. The summed E-state index contributed by atoms with van der Waals surface area (Å²) in [6.45, 7) is 0. The van der Waals surface area contributed by atoms with E-state index in [1.165, 1.54) is 19.2 Å². The third-order valence-corrected chi connectivity index (χ3v) is 4.61. The van der Waals surface area contributed by atoms with Gasteiger partial charge in [-0.3, -0.25) is 4.90 Å². The number of carbonyl (C=O) groups is 1. The lowest BCUT2D eigenvalue weighted by molar-refractivity contribution is -0.136. The zero-order valence-corrected chi connectivity index (χ0v) is 12.0. The van der Waals surface area contributed by atoms with E-state index in [0.717, 1.165) is 24.5 Å². The number of likely N-dealkylation sites (N-methyl/N-ethyl adjacent to an activating group) is 1. The van der Waals surface area contributed by atoms with Gasteiger partial charge < -0.3 is 4.74 Å². The van der Waals surface area contributed by atoms with Crippen molar-refractivity contribution in [2.75, 3.05) is 14.2 Å². The van der Waals surface area contributed by atoms with Crippen LogP contribution in [0, 0.1) is 11.6 Å². The molecule has 0 radical (unpaired) electrons. The molecule has 112 valence electrons. The molecule has 1 aromatic rings. The summed E-state index contributed by atoms with van der Waals surface area (Å²) in [5.41, 5.74) is 1.94. The first kappa shape index (κ1) is 14.2. The van der Waals surface area contributed by atoms with Gasteiger partial charge >= 0.3 is 5.97 Å². The Morgan fingerprint density at radius 1 is 1.29 bits per heavy atom. The Morgan fingerprint density at radius 2 is 2.05 bits per heavy atom. The molecule has 2 bridgehead atoms. The number of ether oxygens (including phenoxy) is 1. The molecular weight excluding hydrogens is 276 g/mol. The van der Waals surface area contributed by atoms with Gasteiger partial charge in [0.25, 0.3) is 0 Å². The van der Waals surface area contributed by atoms with Crippen molar-refractivity contribution >= 4 is 11.5 Å². The summed E-state index contributed by atoms with van der Waals surface area (Å²) >= 11 is 0.